The summed E-state index contributed by atoms with van der Waals surface area (Å²) in [5.41, 5.74) is 7.39. The third-order valence-corrected chi connectivity index (χ3v) is 1.88. The van der Waals surface area contributed by atoms with E-state index < -0.39 is 17.9 Å². The van der Waals surface area contributed by atoms with E-state index in [9.17, 15) is 15.0 Å². The van der Waals surface area contributed by atoms with Crippen molar-refractivity contribution >= 4 is 11.9 Å². The topological polar surface area (TPSA) is 128 Å². The number of H-pyrrole nitrogens is 1. The summed E-state index contributed by atoms with van der Waals surface area (Å²) in [5, 5.41) is 21.8. The molecule has 8 heteroatoms. The van der Waals surface area contributed by atoms with Crippen molar-refractivity contribution in [2.24, 2.45) is 4.99 Å². The van der Waals surface area contributed by atoms with E-state index in [0.29, 0.717) is 5.69 Å². The Balaban J connectivity index is 0.00000256. The van der Waals surface area contributed by atoms with Crippen molar-refractivity contribution in [2.75, 3.05) is 6.54 Å². The van der Waals surface area contributed by atoms with Gasteiger partial charge in [-0.2, -0.15) is 0 Å². The minimum atomic E-state index is -1.41. The number of aliphatic carboxylic acids is 1. The predicted molar refractivity (Wildman–Crippen MR) is 52.3 cm³/mol. The quantitative estimate of drug-likeness (QED) is 0.379. The van der Waals surface area contributed by atoms with Crippen LogP contribution in [0.25, 0.3) is 5.73 Å². The number of aliphatic imine (C=N–C) groups is 1. The van der Waals surface area contributed by atoms with E-state index in [1.165, 1.54) is 12.5 Å². The summed E-state index contributed by atoms with van der Waals surface area (Å²) >= 11 is 0. The first-order valence-corrected chi connectivity index (χ1v) is 4.70. The van der Waals surface area contributed by atoms with Crippen LogP contribution < -0.4 is 10.2 Å². The van der Waals surface area contributed by atoms with Gasteiger partial charge in [-0.15, -0.1) is 6.54 Å². The smallest absolute Gasteiger partial charge is 0.862 e. The molecule has 0 amide bonds. The van der Waals surface area contributed by atoms with E-state index in [2.05, 4.69) is 15.0 Å². The average Bonchev–Trinajstić information content (AvgIpc) is 2.69. The molecule has 0 bridgehead atoms. The van der Waals surface area contributed by atoms with Crippen LogP contribution in [0.15, 0.2) is 17.5 Å². The molecule has 0 saturated carbocycles. The zero-order valence-corrected chi connectivity index (χ0v) is 12.1. The molecule has 1 aromatic heterocycles. The largest absolute Gasteiger partial charge is 2.00 e. The van der Waals surface area contributed by atoms with Gasteiger partial charge in [-0.05, 0) is 12.3 Å². The molecule has 2 N–H and O–H groups in total. The molecular weight excluding hydrogens is 278 g/mol. The molecule has 7 nitrogen and oxygen atoms in total. The number of aromatic nitrogens is 2. The van der Waals surface area contributed by atoms with Gasteiger partial charge in [0.2, 0.25) is 0 Å². The SMILES string of the molecule is [NH-]CCC([O-])=NC(Cc1cnc[nH]1)C(=O)[O-].[Zn+2]. The third kappa shape index (κ3) is 5.56. The Bertz CT molecular complexity index is 366. The Hall–Kier alpha value is -1.27. The van der Waals surface area contributed by atoms with Crippen molar-refractivity contribution in [2.45, 2.75) is 18.9 Å². The van der Waals surface area contributed by atoms with Crippen LogP contribution in [0.5, 0.6) is 0 Å². The zero-order chi connectivity index (χ0) is 12.0. The second-order valence-corrected chi connectivity index (χ2v) is 3.14. The molecule has 0 aliphatic heterocycles. The molecule has 0 saturated heterocycles. The second kappa shape index (κ2) is 7.92. The van der Waals surface area contributed by atoms with Gasteiger partial charge >= 0.3 is 19.5 Å². The van der Waals surface area contributed by atoms with Gasteiger partial charge in [0.15, 0.2) is 0 Å². The van der Waals surface area contributed by atoms with Gasteiger partial charge in [-0.1, -0.05) is 0 Å². The summed E-state index contributed by atoms with van der Waals surface area (Å²) in [6, 6.07) is -1.22. The van der Waals surface area contributed by atoms with Crippen LogP contribution in [-0.4, -0.2) is 34.4 Å². The minimum absolute atomic E-state index is 0. The number of carboxylic acid groups (broad SMARTS) is 1. The van der Waals surface area contributed by atoms with Crippen molar-refractivity contribution < 1.29 is 34.5 Å². The standard InChI is InChI=1S/C9H13N4O3.Zn/c10-2-1-8(14)13-7(9(15)16)3-6-4-11-5-12-6;/h4-5,7,10H,1-3H2,(H,11,12)(H,13,14)(H,15,16);/q-1;+2/p-2. The van der Waals surface area contributed by atoms with Gasteiger partial charge in [0.25, 0.3) is 0 Å². The number of carbonyl (C=O) groups excluding carboxylic acids is 1. The second-order valence-electron chi connectivity index (χ2n) is 3.14. The van der Waals surface area contributed by atoms with E-state index in [4.69, 9.17) is 5.73 Å². The summed E-state index contributed by atoms with van der Waals surface area (Å²) in [5.74, 6) is -2.00. The first-order chi connectivity index (χ1) is 7.63. The van der Waals surface area contributed by atoms with Gasteiger partial charge in [0.05, 0.1) is 18.3 Å². The molecule has 1 heterocycles. The van der Waals surface area contributed by atoms with Crippen LogP contribution in [0, 0.1) is 0 Å². The molecule has 1 atom stereocenters. The number of hydrogen-bond acceptors (Lipinski definition) is 5. The molecule has 1 aromatic rings. The van der Waals surface area contributed by atoms with Crippen molar-refractivity contribution in [1.29, 1.82) is 0 Å². The number of carbonyl (C=O) groups is 1. The summed E-state index contributed by atoms with van der Waals surface area (Å²) < 4.78 is 0. The number of carboxylic acids is 1. The van der Waals surface area contributed by atoms with Gasteiger partial charge in [0, 0.05) is 18.3 Å². The predicted octanol–water partition coefficient (Wildman–Crippen LogP) is -1.73. The minimum Gasteiger partial charge on any atom is -0.862 e. The summed E-state index contributed by atoms with van der Waals surface area (Å²) in [7, 11) is 0. The maximum atomic E-state index is 11.1. The Morgan fingerprint density at radius 2 is 2.29 bits per heavy atom. The number of nitrogens with zero attached hydrogens (tertiary/aromatic N) is 2. The number of nitrogens with one attached hydrogen (secondary N) is 2. The molecule has 0 spiro atoms. The van der Waals surface area contributed by atoms with Crippen LogP contribution in [0.4, 0.5) is 0 Å². The zero-order valence-electron chi connectivity index (χ0n) is 9.18. The fourth-order valence-electron chi connectivity index (χ4n) is 1.13. The third-order valence-electron chi connectivity index (χ3n) is 1.88. The number of hydrogen-bond donors (Lipinski definition) is 1. The molecule has 1 unspecified atom stereocenters. The van der Waals surface area contributed by atoms with E-state index >= 15 is 0 Å². The molecule has 0 fully saturated rings. The first kappa shape index (κ1) is 15.7. The van der Waals surface area contributed by atoms with Crippen LogP contribution >= 0.6 is 0 Å². The van der Waals surface area contributed by atoms with Crippen LogP contribution in [0.1, 0.15) is 12.1 Å². The molecule has 1 rings (SSSR count). The van der Waals surface area contributed by atoms with Crippen LogP contribution in [0.2, 0.25) is 0 Å². The molecule has 88 valence electrons. The van der Waals surface area contributed by atoms with Crippen LogP contribution in [-0.2, 0) is 30.7 Å². The Morgan fingerprint density at radius 3 is 2.76 bits per heavy atom. The van der Waals surface area contributed by atoms with E-state index in [1.807, 2.05) is 0 Å². The summed E-state index contributed by atoms with van der Waals surface area (Å²) in [6.45, 7) is -0.105. The van der Waals surface area contributed by atoms with E-state index in [0.717, 1.165) is 0 Å². The Kier molecular flexibility index (Phi) is 7.33. The number of imidazole rings is 1. The molecule has 0 aromatic carbocycles. The summed E-state index contributed by atoms with van der Waals surface area (Å²) in [4.78, 5) is 20.6. The Labute approximate surface area is 111 Å². The van der Waals surface area contributed by atoms with Crippen molar-refractivity contribution in [3.05, 3.63) is 24.0 Å². The van der Waals surface area contributed by atoms with Crippen molar-refractivity contribution in [1.82, 2.24) is 9.97 Å². The molecule has 0 aliphatic rings. The average molecular weight is 289 g/mol. The van der Waals surface area contributed by atoms with Crippen LogP contribution in [0.3, 0.4) is 0 Å². The van der Waals surface area contributed by atoms with Gasteiger partial charge in [-0.3, -0.25) is 4.99 Å². The molecule has 0 aliphatic carbocycles. The monoisotopic (exact) mass is 287 g/mol. The molecule has 0 radical (unpaired) electrons. The van der Waals surface area contributed by atoms with Gasteiger partial charge < -0.3 is 25.7 Å². The van der Waals surface area contributed by atoms with E-state index in [1.54, 1.807) is 0 Å². The fraction of sp³-hybridized carbons (Fsp3) is 0.444. The molecule has 17 heavy (non-hydrogen) atoms. The first-order valence-electron chi connectivity index (χ1n) is 4.70. The maximum absolute atomic E-state index is 11.1. The number of aromatic amines is 1. The molecular formula is C9H11N4O3Zn-. The Morgan fingerprint density at radius 1 is 1.59 bits per heavy atom. The number of rotatable bonds is 6. The van der Waals surface area contributed by atoms with Gasteiger partial charge in [0.1, 0.15) is 0 Å². The van der Waals surface area contributed by atoms with E-state index in [-0.39, 0.29) is 38.9 Å². The summed E-state index contributed by atoms with van der Waals surface area (Å²) in [6.07, 6.45) is 2.83. The maximum Gasteiger partial charge on any atom is 2.00 e. The van der Waals surface area contributed by atoms with Crippen molar-refractivity contribution in [3.63, 3.8) is 0 Å². The normalized spacial score (nSPS) is 12.9. The van der Waals surface area contributed by atoms with Gasteiger partial charge in [-0.25, -0.2) is 4.98 Å². The van der Waals surface area contributed by atoms with Crippen molar-refractivity contribution in [3.8, 4) is 0 Å². The fourth-order valence-corrected chi connectivity index (χ4v) is 1.13.